The summed E-state index contributed by atoms with van der Waals surface area (Å²) < 4.78 is 15.5. The van der Waals surface area contributed by atoms with Gasteiger partial charge in [0.25, 0.3) is 5.91 Å². The van der Waals surface area contributed by atoms with Crippen LogP contribution in [0.5, 0.6) is 5.75 Å². The SMILES string of the molecule is COCc1cc([C@H]2C(C(=O)c3ccco3)=C(O)C(=O)N2CCOCCO)ccc1O. The summed E-state index contributed by atoms with van der Waals surface area (Å²) in [6, 6.07) is 6.70. The Morgan fingerprint density at radius 1 is 1.23 bits per heavy atom. The minimum atomic E-state index is -0.913. The number of carbonyl (C=O) groups excluding carboxylic acids is 2. The largest absolute Gasteiger partial charge is 0.508 e. The molecule has 3 rings (SSSR count). The lowest BCUT2D eigenvalue weighted by Gasteiger charge is -2.27. The smallest absolute Gasteiger partial charge is 0.290 e. The summed E-state index contributed by atoms with van der Waals surface area (Å²) in [6.45, 7) is 0.227. The molecule has 1 amide bonds. The molecule has 3 N–H and O–H groups in total. The van der Waals surface area contributed by atoms with Gasteiger partial charge in [0.2, 0.25) is 5.78 Å². The fourth-order valence-corrected chi connectivity index (χ4v) is 3.38. The Morgan fingerprint density at radius 3 is 2.70 bits per heavy atom. The van der Waals surface area contributed by atoms with Crippen molar-refractivity contribution in [2.45, 2.75) is 12.6 Å². The van der Waals surface area contributed by atoms with Gasteiger partial charge in [0.15, 0.2) is 11.5 Å². The number of Topliss-reactive ketones (excluding diaryl/α,β-unsaturated/α-hetero) is 1. The minimum Gasteiger partial charge on any atom is -0.508 e. The average molecular weight is 417 g/mol. The molecule has 1 aromatic carbocycles. The fourth-order valence-electron chi connectivity index (χ4n) is 3.38. The molecule has 0 spiro atoms. The van der Waals surface area contributed by atoms with Gasteiger partial charge >= 0.3 is 0 Å². The average Bonchev–Trinajstić information content (AvgIpc) is 3.35. The number of aromatic hydroxyl groups is 1. The van der Waals surface area contributed by atoms with Crippen molar-refractivity contribution in [1.82, 2.24) is 4.90 Å². The first kappa shape index (κ1) is 21.6. The number of benzene rings is 1. The lowest BCUT2D eigenvalue weighted by atomic mass is 9.93. The standard InChI is InChI=1S/C21H23NO8/c1-28-12-14-11-13(4-5-15(14)24)18-17(19(25)16-3-2-8-30-16)20(26)21(27)22(18)6-9-29-10-7-23/h2-5,8,11,18,23-24,26H,6-7,9-10,12H2,1H3/t18-/m0/s1. The van der Waals surface area contributed by atoms with E-state index in [1.54, 1.807) is 12.1 Å². The van der Waals surface area contributed by atoms with E-state index in [9.17, 15) is 19.8 Å². The topological polar surface area (TPSA) is 130 Å². The summed E-state index contributed by atoms with van der Waals surface area (Å²) in [5, 5.41) is 29.5. The second kappa shape index (κ2) is 9.57. The molecule has 1 atom stereocenters. The number of phenolic OH excluding ortho intramolecular Hbond substituents is 1. The molecule has 0 fully saturated rings. The van der Waals surface area contributed by atoms with Crippen LogP contribution in [0.4, 0.5) is 0 Å². The number of phenols is 1. The highest BCUT2D eigenvalue weighted by molar-refractivity contribution is 6.15. The summed E-state index contributed by atoms with van der Waals surface area (Å²) in [5.41, 5.74) is 0.857. The Labute approximate surface area is 172 Å². The van der Waals surface area contributed by atoms with Crippen LogP contribution in [-0.4, -0.2) is 65.4 Å². The Balaban J connectivity index is 2.02. The highest BCUT2D eigenvalue weighted by atomic mass is 16.5. The Bertz CT molecular complexity index is 934. The molecule has 9 nitrogen and oxygen atoms in total. The predicted molar refractivity (Wildman–Crippen MR) is 104 cm³/mol. The molecule has 1 aliphatic heterocycles. The van der Waals surface area contributed by atoms with Gasteiger partial charge in [0.05, 0.1) is 44.3 Å². The van der Waals surface area contributed by atoms with Crippen molar-refractivity contribution < 1.29 is 38.8 Å². The number of ketones is 1. The molecule has 2 heterocycles. The van der Waals surface area contributed by atoms with Crippen LogP contribution in [0.2, 0.25) is 0 Å². The number of amides is 1. The van der Waals surface area contributed by atoms with Crippen molar-refractivity contribution in [2.75, 3.05) is 33.5 Å². The molecule has 2 aromatic rings. The number of rotatable bonds is 10. The van der Waals surface area contributed by atoms with Gasteiger partial charge in [-0.25, -0.2) is 0 Å². The summed E-state index contributed by atoms with van der Waals surface area (Å²) in [6.07, 6.45) is 1.33. The summed E-state index contributed by atoms with van der Waals surface area (Å²) in [7, 11) is 1.48. The highest BCUT2D eigenvalue weighted by Gasteiger charge is 2.44. The minimum absolute atomic E-state index is 0.00913. The third-order valence-corrected chi connectivity index (χ3v) is 4.72. The van der Waals surface area contributed by atoms with E-state index in [1.165, 1.54) is 36.5 Å². The first-order chi connectivity index (χ1) is 14.5. The lowest BCUT2D eigenvalue weighted by molar-refractivity contribution is -0.130. The van der Waals surface area contributed by atoms with Gasteiger partial charge in [-0.2, -0.15) is 0 Å². The molecule has 1 aliphatic rings. The van der Waals surface area contributed by atoms with Crippen molar-refractivity contribution in [3.8, 4) is 5.75 Å². The van der Waals surface area contributed by atoms with Gasteiger partial charge in [-0.15, -0.1) is 0 Å². The van der Waals surface area contributed by atoms with Crippen LogP contribution in [0, 0.1) is 0 Å². The molecule has 0 aliphatic carbocycles. The first-order valence-electron chi connectivity index (χ1n) is 9.31. The third kappa shape index (κ3) is 4.23. The quantitative estimate of drug-likeness (QED) is 0.394. The van der Waals surface area contributed by atoms with Crippen molar-refractivity contribution in [1.29, 1.82) is 0 Å². The molecule has 0 saturated heterocycles. The highest BCUT2D eigenvalue weighted by Crippen LogP contribution is 2.40. The molecule has 0 bridgehead atoms. The zero-order valence-electron chi connectivity index (χ0n) is 16.4. The second-order valence-electron chi connectivity index (χ2n) is 6.63. The van der Waals surface area contributed by atoms with E-state index < -0.39 is 23.5 Å². The van der Waals surface area contributed by atoms with E-state index in [0.29, 0.717) is 11.1 Å². The first-order valence-corrected chi connectivity index (χ1v) is 9.31. The summed E-state index contributed by atoms with van der Waals surface area (Å²) in [4.78, 5) is 27.1. The van der Waals surface area contributed by atoms with Crippen LogP contribution in [0.15, 0.2) is 52.3 Å². The summed E-state index contributed by atoms with van der Waals surface area (Å²) >= 11 is 0. The number of furan rings is 1. The van der Waals surface area contributed by atoms with E-state index in [2.05, 4.69) is 0 Å². The maximum Gasteiger partial charge on any atom is 0.290 e. The number of nitrogens with zero attached hydrogens (tertiary/aromatic N) is 1. The van der Waals surface area contributed by atoms with Crippen molar-refractivity contribution in [3.05, 3.63) is 64.8 Å². The van der Waals surface area contributed by atoms with Gasteiger partial charge in [0, 0.05) is 19.2 Å². The maximum absolute atomic E-state index is 13.0. The predicted octanol–water partition coefficient (Wildman–Crippen LogP) is 1.72. The number of aliphatic hydroxyl groups is 2. The van der Waals surface area contributed by atoms with Gasteiger partial charge < -0.3 is 34.1 Å². The molecule has 9 heteroatoms. The number of aliphatic hydroxyl groups excluding tert-OH is 2. The number of hydrogen-bond acceptors (Lipinski definition) is 8. The Morgan fingerprint density at radius 2 is 2.03 bits per heavy atom. The van der Waals surface area contributed by atoms with Crippen LogP contribution < -0.4 is 0 Å². The van der Waals surface area contributed by atoms with E-state index >= 15 is 0 Å². The van der Waals surface area contributed by atoms with Crippen molar-refractivity contribution in [3.63, 3.8) is 0 Å². The van der Waals surface area contributed by atoms with E-state index in [1.807, 2.05) is 0 Å². The van der Waals surface area contributed by atoms with E-state index in [4.69, 9.17) is 19.0 Å². The molecule has 0 saturated carbocycles. The van der Waals surface area contributed by atoms with Crippen LogP contribution in [0.3, 0.4) is 0 Å². The molecule has 160 valence electrons. The van der Waals surface area contributed by atoms with Gasteiger partial charge in [0.1, 0.15) is 5.75 Å². The normalized spacial score (nSPS) is 16.5. The van der Waals surface area contributed by atoms with E-state index in [-0.39, 0.29) is 50.1 Å². The molecule has 30 heavy (non-hydrogen) atoms. The van der Waals surface area contributed by atoms with Gasteiger partial charge in [-0.3, -0.25) is 9.59 Å². The van der Waals surface area contributed by atoms with Crippen LogP contribution in [0.1, 0.15) is 27.7 Å². The third-order valence-electron chi connectivity index (χ3n) is 4.72. The number of methoxy groups -OCH3 is 1. The number of carbonyl (C=O) groups is 2. The Hall–Kier alpha value is -3.14. The van der Waals surface area contributed by atoms with Crippen LogP contribution in [-0.2, 0) is 20.9 Å². The molecule has 1 aromatic heterocycles. The summed E-state index contributed by atoms with van der Waals surface area (Å²) in [5.74, 6) is -2.00. The fraction of sp³-hybridized carbons (Fsp3) is 0.333. The molecule has 0 unspecified atom stereocenters. The van der Waals surface area contributed by atoms with Crippen LogP contribution in [0.25, 0.3) is 0 Å². The lowest BCUT2D eigenvalue weighted by Crippen LogP contribution is -2.34. The van der Waals surface area contributed by atoms with Crippen LogP contribution >= 0.6 is 0 Å². The zero-order valence-corrected chi connectivity index (χ0v) is 16.4. The maximum atomic E-state index is 13.0. The Kier molecular flexibility index (Phi) is 6.88. The van der Waals surface area contributed by atoms with Gasteiger partial charge in [-0.1, -0.05) is 6.07 Å². The molecular formula is C21H23NO8. The van der Waals surface area contributed by atoms with Gasteiger partial charge in [-0.05, 0) is 29.8 Å². The second-order valence-corrected chi connectivity index (χ2v) is 6.63. The monoisotopic (exact) mass is 417 g/mol. The van der Waals surface area contributed by atoms with Crippen molar-refractivity contribution >= 4 is 11.7 Å². The number of ether oxygens (including phenoxy) is 2. The van der Waals surface area contributed by atoms with E-state index in [0.717, 1.165) is 0 Å². The zero-order chi connectivity index (χ0) is 21.7. The van der Waals surface area contributed by atoms with Crippen molar-refractivity contribution in [2.24, 2.45) is 0 Å². The number of hydrogen-bond donors (Lipinski definition) is 3. The molecule has 0 radical (unpaired) electrons. The molecular weight excluding hydrogens is 394 g/mol.